The molecule has 0 radical (unpaired) electrons. The number of halogens is 1. The van der Waals surface area contributed by atoms with E-state index in [-0.39, 0.29) is 16.9 Å². The molecule has 29 heavy (non-hydrogen) atoms. The van der Waals surface area contributed by atoms with Crippen molar-refractivity contribution in [3.8, 4) is 5.69 Å². The van der Waals surface area contributed by atoms with E-state index in [1.165, 1.54) is 30.2 Å². The minimum absolute atomic E-state index is 0.0364. The van der Waals surface area contributed by atoms with Gasteiger partial charge in [0, 0.05) is 10.2 Å². The van der Waals surface area contributed by atoms with Crippen molar-refractivity contribution < 1.29 is 4.79 Å². The van der Waals surface area contributed by atoms with Crippen molar-refractivity contribution in [2.45, 2.75) is 45.4 Å². The Labute approximate surface area is 177 Å². The number of carbonyl (C=O) groups excluding carboxylic acids is 1. The van der Waals surface area contributed by atoms with Gasteiger partial charge in [-0.25, -0.2) is 10.1 Å². The standard InChI is InChI=1S/C22H25BrN4O2/c1-13-19(20(28)27(26-13)18-4-2-17(23)3-5-18)12-24-25-21(29)22-9-14-6-15(10-22)8-16(7-14)11-22/h2-5,12,14-16,26H,6-11H2,1H3,(H,25,29)/b24-12-. The zero-order valence-corrected chi connectivity index (χ0v) is 18.0. The summed E-state index contributed by atoms with van der Waals surface area (Å²) < 4.78 is 2.44. The summed E-state index contributed by atoms with van der Waals surface area (Å²) in [6.45, 7) is 1.83. The maximum absolute atomic E-state index is 13.0. The number of hydrogen-bond donors (Lipinski definition) is 2. The molecule has 4 fully saturated rings. The van der Waals surface area contributed by atoms with E-state index in [0.717, 1.165) is 29.4 Å². The molecule has 4 saturated carbocycles. The lowest BCUT2D eigenvalue weighted by atomic mass is 9.49. The molecule has 0 atom stereocenters. The summed E-state index contributed by atoms with van der Waals surface area (Å²) in [5.74, 6) is 2.16. The second kappa shape index (κ2) is 6.97. The third-order valence-electron chi connectivity index (χ3n) is 7.08. The number of aryl methyl sites for hydroxylation is 1. The van der Waals surface area contributed by atoms with Gasteiger partial charge in [0.2, 0.25) is 5.91 Å². The Bertz CT molecular complexity index is 999. The van der Waals surface area contributed by atoms with Crippen molar-refractivity contribution in [1.29, 1.82) is 0 Å². The van der Waals surface area contributed by atoms with Gasteiger partial charge >= 0.3 is 0 Å². The number of amides is 1. The van der Waals surface area contributed by atoms with Crippen LogP contribution < -0.4 is 11.0 Å². The lowest BCUT2D eigenvalue weighted by Crippen LogP contribution is -2.52. The van der Waals surface area contributed by atoms with E-state index in [2.05, 4.69) is 31.6 Å². The number of carbonyl (C=O) groups is 1. The molecule has 4 aliphatic rings. The average molecular weight is 457 g/mol. The number of aromatic nitrogens is 2. The fourth-order valence-electron chi connectivity index (χ4n) is 6.15. The molecule has 0 unspecified atom stereocenters. The molecule has 0 saturated heterocycles. The van der Waals surface area contributed by atoms with Crippen molar-refractivity contribution in [1.82, 2.24) is 15.2 Å². The van der Waals surface area contributed by atoms with Crippen molar-refractivity contribution in [2.75, 3.05) is 0 Å². The lowest BCUT2D eigenvalue weighted by Gasteiger charge is -2.55. The fourth-order valence-corrected chi connectivity index (χ4v) is 6.41. The monoisotopic (exact) mass is 456 g/mol. The number of rotatable bonds is 4. The van der Waals surface area contributed by atoms with Crippen LogP contribution in [0, 0.1) is 30.1 Å². The summed E-state index contributed by atoms with van der Waals surface area (Å²) in [5, 5.41) is 7.26. The predicted octanol–water partition coefficient (Wildman–Crippen LogP) is 3.90. The summed E-state index contributed by atoms with van der Waals surface area (Å²) in [5.41, 5.74) is 4.26. The van der Waals surface area contributed by atoms with Gasteiger partial charge < -0.3 is 0 Å². The first-order chi connectivity index (χ1) is 13.9. The van der Waals surface area contributed by atoms with Crippen LogP contribution in [0.15, 0.2) is 38.6 Å². The zero-order chi connectivity index (χ0) is 20.2. The molecule has 4 aliphatic carbocycles. The predicted molar refractivity (Wildman–Crippen MR) is 115 cm³/mol. The molecule has 2 N–H and O–H groups in total. The number of nitrogens with zero attached hydrogens (tertiary/aromatic N) is 2. The van der Waals surface area contributed by atoms with Crippen LogP contribution >= 0.6 is 15.9 Å². The highest BCUT2D eigenvalue weighted by Crippen LogP contribution is 2.60. The summed E-state index contributed by atoms with van der Waals surface area (Å²) in [6, 6.07) is 7.49. The Kier molecular flexibility index (Phi) is 4.53. The number of nitrogens with one attached hydrogen (secondary N) is 2. The molecule has 2 aromatic rings. The highest BCUT2D eigenvalue weighted by molar-refractivity contribution is 9.10. The van der Waals surface area contributed by atoms with Gasteiger partial charge in [-0.05, 0) is 87.5 Å². The van der Waals surface area contributed by atoms with E-state index in [1.807, 2.05) is 31.2 Å². The molecule has 152 valence electrons. The molecule has 1 aromatic heterocycles. The first-order valence-electron chi connectivity index (χ1n) is 10.3. The van der Waals surface area contributed by atoms with Crippen LogP contribution in [0.1, 0.15) is 49.8 Å². The Morgan fingerprint density at radius 1 is 1.17 bits per heavy atom. The maximum Gasteiger partial charge on any atom is 0.280 e. The lowest BCUT2D eigenvalue weighted by molar-refractivity contribution is -0.146. The number of benzene rings is 1. The summed E-state index contributed by atoms with van der Waals surface area (Å²) >= 11 is 3.40. The third kappa shape index (κ3) is 3.29. The second-order valence-electron chi connectivity index (χ2n) is 9.16. The number of hydrogen-bond acceptors (Lipinski definition) is 3. The van der Waals surface area contributed by atoms with Crippen LogP contribution in [-0.4, -0.2) is 21.9 Å². The summed E-state index contributed by atoms with van der Waals surface area (Å²) in [4.78, 5) is 25.8. The van der Waals surface area contributed by atoms with Gasteiger partial charge in [0.15, 0.2) is 0 Å². The quantitative estimate of drug-likeness (QED) is 0.540. The molecular weight excluding hydrogens is 432 g/mol. The van der Waals surface area contributed by atoms with Gasteiger partial charge in [0.05, 0.1) is 22.9 Å². The Morgan fingerprint density at radius 2 is 1.76 bits per heavy atom. The van der Waals surface area contributed by atoms with Crippen LogP contribution in [0.25, 0.3) is 5.69 Å². The molecule has 4 bridgehead atoms. The van der Waals surface area contributed by atoms with Crippen LogP contribution in [0.4, 0.5) is 0 Å². The van der Waals surface area contributed by atoms with Gasteiger partial charge in [-0.2, -0.15) is 5.10 Å². The average Bonchev–Trinajstić information content (AvgIpc) is 2.95. The van der Waals surface area contributed by atoms with Crippen LogP contribution in [-0.2, 0) is 4.79 Å². The van der Waals surface area contributed by atoms with Crippen LogP contribution in [0.5, 0.6) is 0 Å². The minimum atomic E-state index is -0.239. The van der Waals surface area contributed by atoms with Crippen LogP contribution in [0.3, 0.4) is 0 Å². The SMILES string of the molecule is Cc1[nH]n(-c2ccc(Br)cc2)c(=O)c1/C=N\NC(=O)C12CC3CC(CC(C3)C1)C2. The summed E-state index contributed by atoms with van der Waals surface area (Å²) in [7, 11) is 0. The highest BCUT2D eigenvalue weighted by Gasteiger charge is 2.54. The van der Waals surface area contributed by atoms with Gasteiger partial charge in [0.25, 0.3) is 5.56 Å². The first-order valence-corrected chi connectivity index (χ1v) is 11.1. The second-order valence-corrected chi connectivity index (χ2v) is 10.1. The van der Waals surface area contributed by atoms with Gasteiger partial charge in [-0.3, -0.25) is 14.7 Å². The molecule has 1 aromatic carbocycles. The number of H-pyrrole nitrogens is 1. The zero-order valence-electron chi connectivity index (χ0n) is 16.5. The maximum atomic E-state index is 13.0. The van der Waals surface area contributed by atoms with Crippen molar-refractivity contribution >= 4 is 28.1 Å². The van der Waals surface area contributed by atoms with E-state index in [4.69, 9.17) is 0 Å². The first kappa shape index (κ1) is 18.9. The Balaban J connectivity index is 1.33. The number of aromatic amines is 1. The van der Waals surface area contributed by atoms with E-state index in [1.54, 1.807) is 0 Å². The largest absolute Gasteiger partial charge is 0.295 e. The van der Waals surface area contributed by atoms with E-state index in [9.17, 15) is 9.59 Å². The van der Waals surface area contributed by atoms with Gasteiger partial charge in [0.1, 0.15) is 0 Å². The molecule has 0 spiro atoms. The normalized spacial score (nSPS) is 30.2. The molecule has 0 aliphatic heterocycles. The highest BCUT2D eigenvalue weighted by atomic mass is 79.9. The molecule has 6 nitrogen and oxygen atoms in total. The van der Waals surface area contributed by atoms with E-state index >= 15 is 0 Å². The summed E-state index contributed by atoms with van der Waals surface area (Å²) in [6.07, 6.45) is 8.37. The molecule has 1 heterocycles. The molecular formula is C22H25BrN4O2. The van der Waals surface area contributed by atoms with Crippen molar-refractivity contribution in [3.63, 3.8) is 0 Å². The third-order valence-corrected chi connectivity index (χ3v) is 7.61. The van der Waals surface area contributed by atoms with Crippen molar-refractivity contribution in [3.05, 3.63) is 50.3 Å². The number of hydrazone groups is 1. The smallest absolute Gasteiger partial charge is 0.280 e. The van der Waals surface area contributed by atoms with E-state index < -0.39 is 0 Å². The molecule has 7 heteroatoms. The van der Waals surface area contributed by atoms with Crippen molar-refractivity contribution in [2.24, 2.45) is 28.3 Å². The minimum Gasteiger partial charge on any atom is -0.295 e. The van der Waals surface area contributed by atoms with Gasteiger partial charge in [-0.15, -0.1) is 0 Å². The topological polar surface area (TPSA) is 79.2 Å². The van der Waals surface area contributed by atoms with E-state index in [0.29, 0.717) is 29.0 Å². The van der Waals surface area contributed by atoms with Gasteiger partial charge in [-0.1, -0.05) is 15.9 Å². The fraction of sp³-hybridized carbons (Fsp3) is 0.500. The Hall–Kier alpha value is -2.15. The molecule has 1 amide bonds. The van der Waals surface area contributed by atoms with Crippen LogP contribution in [0.2, 0.25) is 0 Å². The molecule has 6 rings (SSSR count). The Morgan fingerprint density at radius 3 is 2.34 bits per heavy atom.